The molecule has 2 aromatic rings. The van der Waals surface area contributed by atoms with Gasteiger partial charge in [0.2, 0.25) is 0 Å². The molecule has 1 aliphatic carbocycles. The van der Waals surface area contributed by atoms with E-state index < -0.39 is 18.2 Å². The molecule has 1 aliphatic heterocycles. The summed E-state index contributed by atoms with van der Waals surface area (Å²) in [5, 5.41) is 11.7. The fraction of sp³-hybridized carbons (Fsp3) is 0.400. The summed E-state index contributed by atoms with van der Waals surface area (Å²) in [5.74, 6) is -1.40. The molecule has 4 rings (SSSR count). The number of likely N-dealkylation sites (N-methyl/N-ethyl adjacent to an activating group) is 1. The minimum atomic E-state index is -1.06. The van der Waals surface area contributed by atoms with Crippen molar-refractivity contribution in [1.29, 1.82) is 0 Å². The van der Waals surface area contributed by atoms with Crippen LogP contribution in [-0.2, 0) is 19.1 Å². The number of rotatable bonds is 8. The first-order valence-electron chi connectivity index (χ1n) is 11.2. The summed E-state index contributed by atoms with van der Waals surface area (Å²) in [4.78, 5) is 37.0. The van der Waals surface area contributed by atoms with E-state index in [0.29, 0.717) is 19.4 Å². The zero-order valence-electron chi connectivity index (χ0n) is 18.5. The Morgan fingerprint density at radius 3 is 2.30 bits per heavy atom. The number of hydrogen-bond donors (Lipinski definition) is 2. The van der Waals surface area contributed by atoms with E-state index in [1.54, 1.807) is 6.92 Å². The highest BCUT2D eigenvalue weighted by molar-refractivity contribution is 5.85. The van der Waals surface area contributed by atoms with Crippen LogP contribution < -0.4 is 5.32 Å². The number of carboxylic acid groups (broad SMARTS) is 1. The highest BCUT2D eigenvalue weighted by atomic mass is 16.5. The Hall–Kier alpha value is -3.39. The maximum Gasteiger partial charge on any atom is 0.407 e. The van der Waals surface area contributed by atoms with Crippen LogP contribution in [0.15, 0.2) is 48.5 Å². The number of aliphatic carboxylic acids is 1. The zero-order valence-corrected chi connectivity index (χ0v) is 18.5. The Morgan fingerprint density at radius 1 is 1.06 bits per heavy atom. The van der Waals surface area contributed by atoms with Gasteiger partial charge in [-0.3, -0.25) is 9.59 Å². The van der Waals surface area contributed by atoms with Gasteiger partial charge >= 0.3 is 12.1 Å². The molecule has 174 valence electrons. The van der Waals surface area contributed by atoms with Crippen molar-refractivity contribution in [2.45, 2.75) is 37.9 Å². The van der Waals surface area contributed by atoms with Gasteiger partial charge in [-0.25, -0.2) is 4.79 Å². The van der Waals surface area contributed by atoms with Gasteiger partial charge in [0.25, 0.3) is 5.91 Å². The van der Waals surface area contributed by atoms with Crippen LogP contribution in [0, 0.1) is 0 Å². The summed E-state index contributed by atoms with van der Waals surface area (Å²) < 4.78 is 11.3. The first-order valence-corrected chi connectivity index (χ1v) is 11.2. The van der Waals surface area contributed by atoms with Crippen LogP contribution in [0.3, 0.4) is 0 Å². The highest BCUT2D eigenvalue weighted by Gasteiger charge is 2.34. The molecular weight excluding hydrogens is 424 g/mol. The molecule has 2 amide bonds. The third-order valence-electron chi connectivity index (χ3n) is 6.22. The van der Waals surface area contributed by atoms with E-state index in [1.165, 1.54) is 16.0 Å². The molecule has 1 fully saturated rings. The van der Waals surface area contributed by atoms with Crippen LogP contribution in [0.4, 0.5) is 4.79 Å². The fourth-order valence-electron chi connectivity index (χ4n) is 4.60. The smallest absolute Gasteiger partial charge is 0.407 e. The quantitative estimate of drug-likeness (QED) is 0.638. The first-order chi connectivity index (χ1) is 16.0. The Bertz CT molecular complexity index is 994. The topological polar surface area (TPSA) is 105 Å². The Morgan fingerprint density at radius 2 is 1.70 bits per heavy atom. The third kappa shape index (κ3) is 5.01. The second kappa shape index (κ2) is 10.0. The van der Waals surface area contributed by atoms with E-state index >= 15 is 0 Å². The lowest BCUT2D eigenvalue weighted by molar-refractivity contribution is -0.150. The summed E-state index contributed by atoms with van der Waals surface area (Å²) in [6.45, 7) is 2.14. The maximum atomic E-state index is 12.5. The molecule has 0 radical (unpaired) electrons. The van der Waals surface area contributed by atoms with E-state index in [4.69, 9.17) is 14.6 Å². The number of carboxylic acids is 1. The molecule has 0 spiro atoms. The van der Waals surface area contributed by atoms with Gasteiger partial charge in [-0.15, -0.1) is 0 Å². The van der Waals surface area contributed by atoms with Crippen LogP contribution in [0.25, 0.3) is 11.1 Å². The number of amides is 2. The Labute approximate surface area is 192 Å². The lowest BCUT2D eigenvalue weighted by Gasteiger charge is -2.22. The Kier molecular flexibility index (Phi) is 6.93. The van der Waals surface area contributed by atoms with Crippen molar-refractivity contribution in [3.63, 3.8) is 0 Å². The van der Waals surface area contributed by atoms with Crippen molar-refractivity contribution < 1.29 is 29.0 Å². The normalized spacial score (nSPS) is 18.9. The van der Waals surface area contributed by atoms with E-state index in [-0.39, 0.29) is 37.6 Å². The van der Waals surface area contributed by atoms with Gasteiger partial charge in [-0.2, -0.15) is 0 Å². The minimum Gasteiger partial charge on any atom is -0.480 e. The summed E-state index contributed by atoms with van der Waals surface area (Å²) >= 11 is 0. The highest BCUT2D eigenvalue weighted by Crippen LogP contribution is 2.44. The van der Waals surface area contributed by atoms with Crippen LogP contribution in [-0.4, -0.2) is 66.4 Å². The van der Waals surface area contributed by atoms with E-state index in [1.807, 2.05) is 24.3 Å². The number of fused-ring (bicyclic) bond motifs is 3. The van der Waals surface area contributed by atoms with Gasteiger partial charge in [0.15, 0.2) is 0 Å². The predicted molar refractivity (Wildman–Crippen MR) is 121 cm³/mol. The van der Waals surface area contributed by atoms with Crippen molar-refractivity contribution in [2.75, 3.05) is 26.2 Å². The molecule has 8 nitrogen and oxygen atoms in total. The second-order valence-corrected chi connectivity index (χ2v) is 8.28. The summed E-state index contributed by atoms with van der Waals surface area (Å²) in [7, 11) is 0. The maximum absolute atomic E-state index is 12.5. The Balaban J connectivity index is 1.26. The lowest BCUT2D eigenvalue weighted by atomic mass is 9.98. The number of alkyl carbamates (subject to hydrolysis) is 1. The SMILES string of the molecule is CCN(CC(=O)O)C(=O)C1CCC(CNC(=O)OCC2c3ccccc3-c3ccccc32)O1. The number of nitrogens with zero attached hydrogens (tertiary/aromatic N) is 1. The molecule has 0 saturated carbocycles. The van der Waals surface area contributed by atoms with Crippen molar-refractivity contribution in [1.82, 2.24) is 10.2 Å². The molecule has 2 N–H and O–H groups in total. The third-order valence-corrected chi connectivity index (χ3v) is 6.22. The minimum absolute atomic E-state index is 0.0119. The van der Waals surface area contributed by atoms with Crippen LogP contribution in [0.2, 0.25) is 0 Å². The van der Waals surface area contributed by atoms with E-state index in [2.05, 4.69) is 29.6 Å². The predicted octanol–water partition coefficient (Wildman–Crippen LogP) is 3.01. The average Bonchev–Trinajstić information content (AvgIpc) is 3.42. The van der Waals surface area contributed by atoms with Crippen LogP contribution in [0.1, 0.15) is 36.8 Å². The van der Waals surface area contributed by atoms with E-state index in [0.717, 1.165) is 11.1 Å². The summed E-state index contributed by atoms with van der Waals surface area (Å²) in [6.07, 6.45) is -0.436. The first kappa shape index (κ1) is 22.8. The molecule has 0 bridgehead atoms. The van der Waals surface area contributed by atoms with Gasteiger partial charge in [0.05, 0.1) is 6.10 Å². The molecule has 2 atom stereocenters. The number of ether oxygens (including phenoxy) is 2. The average molecular weight is 453 g/mol. The molecule has 33 heavy (non-hydrogen) atoms. The molecule has 0 aromatic heterocycles. The molecular formula is C25H28N2O6. The molecule has 8 heteroatoms. The number of carbonyl (C=O) groups is 3. The molecule has 2 aromatic carbocycles. The van der Waals surface area contributed by atoms with Crippen molar-refractivity contribution in [3.8, 4) is 11.1 Å². The number of carbonyl (C=O) groups excluding carboxylic acids is 2. The van der Waals surface area contributed by atoms with Crippen molar-refractivity contribution in [2.24, 2.45) is 0 Å². The van der Waals surface area contributed by atoms with Crippen LogP contribution >= 0.6 is 0 Å². The monoisotopic (exact) mass is 452 g/mol. The molecule has 1 saturated heterocycles. The molecule has 1 heterocycles. The number of hydrogen-bond acceptors (Lipinski definition) is 5. The largest absolute Gasteiger partial charge is 0.480 e. The molecule has 2 aliphatic rings. The fourth-order valence-corrected chi connectivity index (χ4v) is 4.60. The summed E-state index contributed by atoms with van der Waals surface area (Å²) in [6, 6.07) is 16.3. The molecule has 2 unspecified atom stereocenters. The van der Waals surface area contributed by atoms with Gasteiger partial charge in [0.1, 0.15) is 19.3 Å². The van der Waals surface area contributed by atoms with Crippen molar-refractivity contribution in [3.05, 3.63) is 59.7 Å². The van der Waals surface area contributed by atoms with Gasteiger partial charge in [-0.05, 0) is 42.0 Å². The standard InChI is InChI=1S/C25H28N2O6/c1-2-27(14-23(28)29)24(30)22-12-11-16(33-22)13-26-25(31)32-15-21-19-9-5-3-7-17(19)18-8-4-6-10-20(18)21/h3-10,16,21-22H,2,11-15H2,1H3,(H,26,31)(H,28,29). The second-order valence-electron chi connectivity index (χ2n) is 8.28. The lowest BCUT2D eigenvalue weighted by Crippen LogP contribution is -2.42. The van der Waals surface area contributed by atoms with Gasteiger partial charge in [-0.1, -0.05) is 48.5 Å². The van der Waals surface area contributed by atoms with E-state index in [9.17, 15) is 14.4 Å². The van der Waals surface area contributed by atoms with Crippen LogP contribution in [0.5, 0.6) is 0 Å². The zero-order chi connectivity index (χ0) is 23.4. The number of nitrogens with one attached hydrogen (secondary N) is 1. The summed E-state index contributed by atoms with van der Waals surface area (Å²) in [5.41, 5.74) is 4.63. The van der Waals surface area contributed by atoms with Gasteiger partial charge in [0, 0.05) is 19.0 Å². The van der Waals surface area contributed by atoms with Gasteiger partial charge < -0.3 is 24.8 Å². The van der Waals surface area contributed by atoms with Crippen molar-refractivity contribution >= 4 is 18.0 Å². The number of benzene rings is 2.